The van der Waals surface area contributed by atoms with Crippen molar-refractivity contribution in [1.29, 1.82) is 0 Å². The van der Waals surface area contributed by atoms with Crippen LogP contribution in [0.2, 0.25) is 0 Å². The van der Waals surface area contributed by atoms with Crippen molar-refractivity contribution in [3.8, 4) is 22.3 Å². The van der Waals surface area contributed by atoms with Crippen LogP contribution in [0.1, 0.15) is 25.0 Å². The third-order valence-corrected chi connectivity index (χ3v) is 10.3. The third kappa shape index (κ3) is 2.86. The molecule has 0 fully saturated rings. The Bertz CT molecular complexity index is 2620. The monoisotopic (exact) mass is 544 g/mol. The molecule has 0 unspecified atom stereocenters. The second kappa shape index (κ2) is 8.00. The minimum atomic E-state index is -0.156. The van der Waals surface area contributed by atoms with Crippen LogP contribution in [0.4, 0.5) is 0 Å². The highest BCUT2D eigenvalue weighted by Gasteiger charge is 2.40. The van der Waals surface area contributed by atoms with E-state index in [9.17, 15) is 0 Å². The van der Waals surface area contributed by atoms with Gasteiger partial charge in [0.05, 0.1) is 0 Å². The first-order chi connectivity index (χ1) is 21.1. The SMILES string of the molecule is CC1(C)c2cc(-c3ccc4ccc5cccc6ccc3c4c56)c3ccccc3c2-c2c1c1ccccc1c1ccccc21. The van der Waals surface area contributed by atoms with Crippen LogP contribution >= 0.6 is 0 Å². The average Bonchev–Trinajstić information content (AvgIpc) is 3.30. The normalized spacial score (nSPS) is 14.0. The molecule has 0 N–H and O–H groups in total. The van der Waals surface area contributed by atoms with Crippen molar-refractivity contribution in [2.45, 2.75) is 19.3 Å². The molecule has 0 bridgehead atoms. The minimum absolute atomic E-state index is 0.156. The maximum Gasteiger partial charge on any atom is 0.0165 e. The molecule has 0 aliphatic heterocycles. The molecule has 9 aromatic rings. The van der Waals surface area contributed by atoms with Gasteiger partial charge in [-0.3, -0.25) is 0 Å². The number of benzene rings is 9. The first-order valence-electron chi connectivity index (χ1n) is 15.3. The van der Waals surface area contributed by atoms with Gasteiger partial charge < -0.3 is 0 Å². The molecule has 1 aliphatic rings. The zero-order chi connectivity index (χ0) is 28.4. The molecule has 1 aliphatic carbocycles. The van der Waals surface area contributed by atoms with E-state index in [2.05, 4.69) is 147 Å². The molecule has 0 heterocycles. The van der Waals surface area contributed by atoms with Crippen LogP contribution in [0.3, 0.4) is 0 Å². The van der Waals surface area contributed by atoms with Crippen LogP contribution in [0.15, 0.2) is 133 Å². The van der Waals surface area contributed by atoms with Gasteiger partial charge in [0.2, 0.25) is 0 Å². The van der Waals surface area contributed by atoms with Gasteiger partial charge in [-0.15, -0.1) is 0 Å². The summed E-state index contributed by atoms with van der Waals surface area (Å²) in [6.45, 7) is 4.86. The fourth-order valence-electron chi connectivity index (χ4n) is 8.52. The van der Waals surface area contributed by atoms with Crippen LogP contribution < -0.4 is 0 Å². The highest BCUT2D eigenvalue weighted by molar-refractivity contribution is 6.27. The molecule has 0 nitrogen and oxygen atoms in total. The molecule has 0 amide bonds. The predicted octanol–water partition coefficient (Wildman–Crippen LogP) is 12.0. The maximum atomic E-state index is 2.54. The van der Waals surface area contributed by atoms with Crippen LogP contribution in [-0.4, -0.2) is 0 Å². The highest BCUT2D eigenvalue weighted by Crippen LogP contribution is 2.58. The molecule has 200 valence electrons. The summed E-state index contributed by atoms with van der Waals surface area (Å²) in [7, 11) is 0. The highest BCUT2D eigenvalue weighted by atomic mass is 14.4. The number of hydrogen-bond acceptors (Lipinski definition) is 0. The van der Waals surface area contributed by atoms with Crippen molar-refractivity contribution in [2.24, 2.45) is 0 Å². The first-order valence-corrected chi connectivity index (χ1v) is 15.3. The van der Waals surface area contributed by atoms with Gasteiger partial charge in [-0.1, -0.05) is 141 Å². The average molecular weight is 545 g/mol. The van der Waals surface area contributed by atoms with E-state index in [1.807, 2.05) is 0 Å². The van der Waals surface area contributed by atoms with E-state index >= 15 is 0 Å². The lowest BCUT2D eigenvalue weighted by Gasteiger charge is -2.25. The summed E-state index contributed by atoms with van der Waals surface area (Å²) < 4.78 is 0. The molecule has 0 spiro atoms. The van der Waals surface area contributed by atoms with Crippen LogP contribution in [0.5, 0.6) is 0 Å². The summed E-state index contributed by atoms with van der Waals surface area (Å²) in [6.07, 6.45) is 0. The molecular weight excluding hydrogens is 516 g/mol. The van der Waals surface area contributed by atoms with Gasteiger partial charge in [-0.2, -0.15) is 0 Å². The summed E-state index contributed by atoms with van der Waals surface area (Å²) in [5, 5.41) is 16.0. The number of rotatable bonds is 1. The van der Waals surface area contributed by atoms with Crippen molar-refractivity contribution >= 4 is 64.6 Å². The van der Waals surface area contributed by atoms with Crippen molar-refractivity contribution in [2.75, 3.05) is 0 Å². The van der Waals surface area contributed by atoms with Gasteiger partial charge in [-0.25, -0.2) is 0 Å². The van der Waals surface area contributed by atoms with Crippen LogP contribution in [-0.2, 0) is 5.41 Å². The zero-order valence-electron chi connectivity index (χ0n) is 24.2. The molecule has 43 heavy (non-hydrogen) atoms. The van der Waals surface area contributed by atoms with E-state index in [-0.39, 0.29) is 5.41 Å². The van der Waals surface area contributed by atoms with E-state index in [1.165, 1.54) is 98.0 Å². The van der Waals surface area contributed by atoms with Gasteiger partial charge in [-0.05, 0) is 104 Å². The number of fused-ring (bicyclic) bond motifs is 10. The number of hydrogen-bond donors (Lipinski definition) is 0. The Hall–Kier alpha value is -5.20. The molecule has 0 saturated carbocycles. The Morgan fingerprint density at radius 1 is 0.372 bits per heavy atom. The summed E-state index contributed by atoms with van der Waals surface area (Å²) in [5.74, 6) is 0. The van der Waals surface area contributed by atoms with Crippen molar-refractivity contribution < 1.29 is 0 Å². The van der Waals surface area contributed by atoms with Gasteiger partial charge in [0.25, 0.3) is 0 Å². The molecule has 0 atom stereocenters. The Kier molecular flexibility index (Phi) is 4.35. The molecule has 9 aromatic carbocycles. The standard InChI is InChI=1S/C43H28/c1-43(2)37-24-36(31-22-20-27-19-18-25-10-9-11-26-21-23-34(31)39(27)38(25)26)30-14-4-6-15-32(30)40(37)41-33-16-7-3-12-28(33)29-13-5-8-17-35(29)42(41)43/h3-24H,1-2H3. The molecule has 0 radical (unpaired) electrons. The largest absolute Gasteiger partial charge is 0.0616 e. The van der Waals surface area contributed by atoms with E-state index in [0.717, 1.165) is 0 Å². The van der Waals surface area contributed by atoms with Crippen LogP contribution in [0.25, 0.3) is 86.9 Å². The lowest BCUT2D eigenvalue weighted by Crippen LogP contribution is -2.16. The smallest absolute Gasteiger partial charge is 0.0165 e. The minimum Gasteiger partial charge on any atom is -0.0616 e. The van der Waals surface area contributed by atoms with Crippen molar-refractivity contribution in [3.05, 3.63) is 145 Å². The van der Waals surface area contributed by atoms with Gasteiger partial charge >= 0.3 is 0 Å². The maximum absolute atomic E-state index is 2.54. The fourth-order valence-corrected chi connectivity index (χ4v) is 8.52. The molecule has 0 aromatic heterocycles. The third-order valence-electron chi connectivity index (χ3n) is 10.3. The van der Waals surface area contributed by atoms with E-state index in [1.54, 1.807) is 0 Å². The van der Waals surface area contributed by atoms with Crippen LogP contribution in [0, 0.1) is 0 Å². The summed E-state index contributed by atoms with van der Waals surface area (Å²) in [4.78, 5) is 0. The van der Waals surface area contributed by atoms with Crippen molar-refractivity contribution in [3.63, 3.8) is 0 Å². The lowest BCUT2D eigenvalue weighted by molar-refractivity contribution is 0.667. The quantitative estimate of drug-likeness (QED) is 0.180. The second-order valence-electron chi connectivity index (χ2n) is 12.8. The Balaban J connectivity index is 1.38. The zero-order valence-corrected chi connectivity index (χ0v) is 24.2. The molecular formula is C43H28. The summed E-state index contributed by atoms with van der Waals surface area (Å²) in [6, 6.07) is 50.2. The topological polar surface area (TPSA) is 0 Å². The van der Waals surface area contributed by atoms with E-state index in [4.69, 9.17) is 0 Å². The fraction of sp³-hybridized carbons (Fsp3) is 0.0698. The Morgan fingerprint density at radius 3 is 1.63 bits per heavy atom. The van der Waals surface area contributed by atoms with Gasteiger partial charge in [0.1, 0.15) is 0 Å². The van der Waals surface area contributed by atoms with Gasteiger partial charge in [0.15, 0.2) is 0 Å². The second-order valence-corrected chi connectivity index (χ2v) is 12.8. The lowest BCUT2D eigenvalue weighted by atomic mass is 9.78. The molecule has 0 saturated heterocycles. The van der Waals surface area contributed by atoms with Crippen molar-refractivity contribution in [1.82, 2.24) is 0 Å². The predicted molar refractivity (Wildman–Crippen MR) is 186 cm³/mol. The summed E-state index contributed by atoms with van der Waals surface area (Å²) in [5.41, 5.74) is 8.16. The Morgan fingerprint density at radius 2 is 0.907 bits per heavy atom. The summed E-state index contributed by atoms with van der Waals surface area (Å²) >= 11 is 0. The first kappa shape index (κ1) is 23.4. The molecule has 0 heteroatoms. The van der Waals surface area contributed by atoms with E-state index in [0.29, 0.717) is 0 Å². The molecule has 10 rings (SSSR count). The van der Waals surface area contributed by atoms with Gasteiger partial charge in [0, 0.05) is 5.41 Å². The Labute approximate surface area is 250 Å². The van der Waals surface area contributed by atoms with E-state index < -0.39 is 0 Å².